The first kappa shape index (κ1) is 36.0. The van der Waals surface area contributed by atoms with E-state index >= 15 is 0 Å². The molecule has 0 saturated heterocycles. The van der Waals surface area contributed by atoms with Crippen molar-refractivity contribution in [3.63, 3.8) is 0 Å². The van der Waals surface area contributed by atoms with Crippen molar-refractivity contribution < 1.29 is 88.7 Å². The molecule has 0 saturated carbocycles. The van der Waals surface area contributed by atoms with Gasteiger partial charge in [-0.3, -0.25) is 14.4 Å². The van der Waals surface area contributed by atoms with Crippen LogP contribution in [0.1, 0.15) is 20.8 Å². The number of halogens is 9. The second-order valence-corrected chi connectivity index (χ2v) is 4.92. The van der Waals surface area contributed by atoms with Crippen LogP contribution in [0.2, 0.25) is 0 Å². The Morgan fingerprint density at radius 2 is 0.839 bits per heavy atom. The fraction of sp³-hybridized carbons (Fsp3) is 0.400. The molecule has 0 atom stereocenters. The number of rotatable bonds is 3. The van der Waals surface area contributed by atoms with Crippen LogP contribution in [0.4, 0.5) is 39.5 Å². The molecule has 0 aromatic carbocycles. The van der Waals surface area contributed by atoms with Crippen molar-refractivity contribution in [1.82, 2.24) is 0 Å². The zero-order valence-corrected chi connectivity index (χ0v) is 17.2. The SMILES string of the molecule is C/C(O)=C/C(=O)C(F)(F)F.CC(=O)/C=C(\O)C(F)(F)F.CC(=O)/C=C(\O)C(F)(F)F.[Rh]. The molecule has 0 spiro atoms. The zero-order chi connectivity index (χ0) is 25.1. The first-order valence-electron chi connectivity index (χ1n) is 6.97. The van der Waals surface area contributed by atoms with Crippen molar-refractivity contribution in [2.75, 3.05) is 0 Å². The number of aliphatic hydroxyl groups is 3. The molecule has 0 aliphatic carbocycles. The minimum absolute atomic E-state index is 0. The summed E-state index contributed by atoms with van der Waals surface area (Å²) in [4.78, 5) is 29.8. The molecular formula is C15H15F9O6Rh. The Balaban J connectivity index is -0.000000174. The smallest absolute Gasteiger partial charge is 0.454 e. The zero-order valence-electron chi connectivity index (χ0n) is 15.5. The first-order valence-corrected chi connectivity index (χ1v) is 6.97. The van der Waals surface area contributed by atoms with E-state index in [4.69, 9.17) is 15.3 Å². The van der Waals surface area contributed by atoms with Crippen LogP contribution in [0, 0.1) is 0 Å². The van der Waals surface area contributed by atoms with Crippen LogP contribution in [0.25, 0.3) is 0 Å². The predicted octanol–water partition coefficient (Wildman–Crippen LogP) is 4.74. The molecule has 0 amide bonds. The summed E-state index contributed by atoms with van der Waals surface area (Å²) in [5.74, 6) is -8.10. The second-order valence-electron chi connectivity index (χ2n) is 4.92. The molecule has 183 valence electrons. The number of carbonyl (C=O) groups excluding carboxylic acids is 3. The monoisotopic (exact) mass is 565 g/mol. The van der Waals surface area contributed by atoms with Crippen molar-refractivity contribution in [1.29, 1.82) is 0 Å². The Bertz CT molecular complexity index is 657. The maximum atomic E-state index is 11.3. The van der Waals surface area contributed by atoms with Gasteiger partial charge in [-0.25, -0.2) is 0 Å². The number of alkyl halides is 9. The molecule has 6 nitrogen and oxygen atoms in total. The first-order chi connectivity index (χ1) is 13.0. The molecule has 0 heterocycles. The van der Waals surface area contributed by atoms with Gasteiger partial charge in [0.25, 0.3) is 5.78 Å². The normalized spacial score (nSPS) is 13.0. The average Bonchev–Trinajstić information content (AvgIpc) is 2.43. The fourth-order valence-electron chi connectivity index (χ4n) is 0.820. The maximum Gasteiger partial charge on any atom is 0.454 e. The Kier molecular flexibility index (Phi) is 17.0. The summed E-state index contributed by atoms with van der Waals surface area (Å²) in [6.07, 6.45) is -14.1. The Labute approximate surface area is 181 Å². The maximum absolute atomic E-state index is 11.3. The fourth-order valence-corrected chi connectivity index (χ4v) is 0.820. The molecule has 0 aromatic rings. The van der Waals surface area contributed by atoms with Crippen LogP contribution in [0.3, 0.4) is 0 Å². The van der Waals surface area contributed by atoms with Gasteiger partial charge in [-0.15, -0.1) is 0 Å². The number of hydrogen-bond acceptors (Lipinski definition) is 6. The van der Waals surface area contributed by atoms with Gasteiger partial charge in [0.05, 0.1) is 5.76 Å². The second kappa shape index (κ2) is 14.6. The summed E-state index contributed by atoms with van der Waals surface area (Å²) in [6, 6.07) is 0. The Morgan fingerprint density at radius 1 is 0.581 bits per heavy atom. The van der Waals surface area contributed by atoms with Crippen molar-refractivity contribution in [3.05, 3.63) is 35.5 Å². The van der Waals surface area contributed by atoms with Crippen LogP contribution in [-0.2, 0) is 33.9 Å². The molecule has 16 heteroatoms. The third-order valence-corrected chi connectivity index (χ3v) is 1.88. The van der Waals surface area contributed by atoms with Crippen LogP contribution < -0.4 is 0 Å². The summed E-state index contributed by atoms with van der Waals surface area (Å²) >= 11 is 0. The number of aliphatic hydroxyl groups excluding tert-OH is 3. The molecule has 0 unspecified atom stereocenters. The molecule has 0 aromatic heterocycles. The van der Waals surface area contributed by atoms with Crippen molar-refractivity contribution in [3.8, 4) is 0 Å². The molecule has 31 heavy (non-hydrogen) atoms. The van der Waals surface area contributed by atoms with Crippen molar-refractivity contribution in [2.45, 2.75) is 39.3 Å². The number of ketones is 3. The topological polar surface area (TPSA) is 112 Å². The van der Waals surface area contributed by atoms with Gasteiger partial charge in [0.1, 0.15) is 0 Å². The van der Waals surface area contributed by atoms with E-state index in [-0.39, 0.29) is 37.7 Å². The molecule has 0 bridgehead atoms. The third-order valence-electron chi connectivity index (χ3n) is 1.88. The quantitative estimate of drug-likeness (QED) is 0.198. The summed E-state index contributed by atoms with van der Waals surface area (Å²) in [7, 11) is 0. The van der Waals surface area contributed by atoms with Gasteiger partial charge in [0.2, 0.25) is 11.5 Å². The van der Waals surface area contributed by atoms with E-state index in [9.17, 15) is 53.9 Å². The molecule has 3 N–H and O–H groups in total. The molecule has 1 radical (unpaired) electrons. The molecule has 0 aliphatic heterocycles. The van der Waals surface area contributed by atoms with E-state index in [0.29, 0.717) is 0 Å². The summed E-state index contributed by atoms with van der Waals surface area (Å²) in [5.41, 5.74) is 0. The summed E-state index contributed by atoms with van der Waals surface area (Å²) in [5, 5.41) is 24.4. The number of allylic oxidation sites excluding steroid dienone is 6. The van der Waals surface area contributed by atoms with Crippen LogP contribution >= 0.6 is 0 Å². The largest absolute Gasteiger partial charge is 0.512 e. The van der Waals surface area contributed by atoms with E-state index in [0.717, 1.165) is 20.8 Å². The van der Waals surface area contributed by atoms with Gasteiger partial charge in [-0.2, -0.15) is 39.5 Å². The molecule has 0 fully saturated rings. The Morgan fingerprint density at radius 3 is 0.903 bits per heavy atom. The number of hydrogen-bond donors (Lipinski definition) is 3. The van der Waals surface area contributed by atoms with Crippen molar-refractivity contribution in [2.24, 2.45) is 0 Å². The van der Waals surface area contributed by atoms with Crippen LogP contribution in [-0.4, -0.2) is 51.2 Å². The van der Waals surface area contributed by atoms with Crippen LogP contribution in [0.15, 0.2) is 35.5 Å². The van der Waals surface area contributed by atoms with Gasteiger partial charge in [0.15, 0.2) is 11.6 Å². The average molecular weight is 565 g/mol. The minimum Gasteiger partial charge on any atom is -0.512 e. The van der Waals surface area contributed by atoms with E-state index in [2.05, 4.69) is 0 Å². The van der Waals surface area contributed by atoms with E-state index in [1.54, 1.807) is 0 Å². The Hall–Kier alpha value is -2.38. The summed E-state index contributed by atoms with van der Waals surface area (Å²) in [6.45, 7) is 2.83. The molecular weight excluding hydrogens is 550 g/mol. The van der Waals surface area contributed by atoms with Gasteiger partial charge < -0.3 is 15.3 Å². The standard InChI is InChI=1S/3C5H5F3O2.Rh/c3*1-3(9)2-4(10)5(6,7)8;/h2*2,10H,1H3;2,9H,1H3;/b2*4-2-;3-2-;. The van der Waals surface area contributed by atoms with Gasteiger partial charge >= 0.3 is 18.5 Å². The van der Waals surface area contributed by atoms with Gasteiger partial charge in [-0.05, 0) is 20.8 Å². The van der Waals surface area contributed by atoms with Gasteiger partial charge in [0, 0.05) is 37.7 Å². The minimum atomic E-state index is -4.88. The molecule has 0 rings (SSSR count). The molecule has 0 aliphatic rings. The van der Waals surface area contributed by atoms with Crippen molar-refractivity contribution >= 4 is 17.3 Å². The van der Waals surface area contributed by atoms with Crippen LogP contribution in [0.5, 0.6) is 0 Å². The predicted molar refractivity (Wildman–Crippen MR) is 82.3 cm³/mol. The summed E-state index contributed by atoms with van der Waals surface area (Å²) < 4.78 is 102. The number of carbonyl (C=O) groups is 3. The van der Waals surface area contributed by atoms with E-state index in [1.165, 1.54) is 0 Å². The third kappa shape index (κ3) is 23.8. The van der Waals surface area contributed by atoms with E-state index < -0.39 is 53.2 Å². The van der Waals surface area contributed by atoms with E-state index in [1.807, 2.05) is 0 Å². The van der Waals surface area contributed by atoms with Gasteiger partial charge in [-0.1, -0.05) is 0 Å².